The van der Waals surface area contributed by atoms with Crippen molar-refractivity contribution in [2.24, 2.45) is 5.92 Å². The molecule has 0 aliphatic carbocycles. The van der Waals surface area contributed by atoms with Gasteiger partial charge in [0, 0.05) is 38.1 Å². The monoisotopic (exact) mass is 425 g/mol. The predicted molar refractivity (Wildman–Crippen MR) is 109 cm³/mol. The number of hydrogen-bond acceptors (Lipinski definition) is 7. The minimum absolute atomic E-state index is 0.0674. The molecule has 0 amide bonds. The van der Waals surface area contributed by atoms with Gasteiger partial charge in [-0.3, -0.25) is 0 Å². The van der Waals surface area contributed by atoms with Crippen LogP contribution in [-0.4, -0.2) is 61.4 Å². The molecule has 1 saturated heterocycles. The third kappa shape index (κ3) is 5.88. The molecule has 0 spiro atoms. The Labute approximate surface area is 173 Å². The number of methoxy groups -OCH3 is 1. The SMILES string of the molecule is CNc1ccnc(Nc2ccc(OC)c(OCCCN3CCC(C(F)(F)F)C3)c2)n1. The number of halogens is 3. The number of rotatable bonds is 9. The van der Waals surface area contributed by atoms with Crippen LogP contribution in [0.2, 0.25) is 0 Å². The summed E-state index contributed by atoms with van der Waals surface area (Å²) >= 11 is 0. The lowest BCUT2D eigenvalue weighted by molar-refractivity contribution is -0.170. The number of anilines is 3. The maximum Gasteiger partial charge on any atom is 0.393 e. The summed E-state index contributed by atoms with van der Waals surface area (Å²) in [6.07, 6.45) is -1.67. The fourth-order valence-corrected chi connectivity index (χ4v) is 3.33. The van der Waals surface area contributed by atoms with Crippen LogP contribution in [-0.2, 0) is 0 Å². The summed E-state index contributed by atoms with van der Waals surface area (Å²) in [5.41, 5.74) is 0.728. The maximum atomic E-state index is 12.8. The number of ether oxygens (including phenoxy) is 2. The summed E-state index contributed by atoms with van der Waals surface area (Å²) in [4.78, 5) is 10.3. The molecule has 10 heteroatoms. The maximum absolute atomic E-state index is 12.8. The van der Waals surface area contributed by atoms with Crippen molar-refractivity contribution in [3.8, 4) is 11.5 Å². The number of nitrogens with one attached hydrogen (secondary N) is 2. The molecule has 0 saturated carbocycles. The van der Waals surface area contributed by atoms with Crippen LogP contribution in [0.3, 0.4) is 0 Å². The van der Waals surface area contributed by atoms with Crippen LogP contribution in [0, 0.1) is 5.92 Å². The van der Waals surface area contributed by atoms with E-state index in [2.05, 4.69) is 20.6 Å². The Bertz CT molecular complexity index is 834. The molecule has 0 radical (unpaired) electrons. The molecular formula is C20H26F3N5O2. The Morgan fingerprint density at radius 2 is 2.07 bits per heavy atom. The first kappa shape index (κ1) is 21.9. The van der Waals surface area contributed by atoms with E-state index in [0.717, 1.165) is 5.69 Å². The lowest BCUT2D eigenvalue weighted by atomic mass is 10.1. The molecule has 2 N–H and O–H groups in total. The molecule has 30 heavy (non-hydrogen) atoms. The van der Waals surface area contributed by atoms with Crippen LogP contribution in [0.15, 0.2) is 30.5 Å². The van der Waals surface area contributed by atoms with Gasteiger partial charge < -0.3 is 25.0 Å². The number of likely N-dealkylation sites (tertiary alicyclic amines) is 1. The average molecular weight is 425 g/mol. The molecule has 2 heterocycles. The summed E-state index contributed by atoms with van der Waals surface area (Å²) < 4.78 is 49.5. The smallest absolute Gasteiger partial charge is 0.393 e. The lowest BCUT2D eigenvalue weighted by Gasteiger charge is -2.18. The predicted octanol–water partition coefficient (Wildman–Crippen LogP) is 3.92. The Morgan fingerprint density at radius 3 is 2.77 bits per heavy atom. The second-order valence-electron chi connectivity index (χ2n) is 7.04. The molecule has 1 atom stereocenters. The van der Waals surface area contributed by atoms with E-state index in [9.17, 15) is 13.2 Å². The average Bonchev–Trinajstić information content (AvgIpc) is 3.21. The van der Waals surface area contributed by atoms with E-state index in [4.69, 9.17) is 9.47 Å². The van der Waals surface area contributed by atoms with Gasteiger partial charge in [0.1, 0.15) is 5.82 Å². The van der Waals surface area contributed by atoms with Crippen molar-refractivity contribution in [3.05, 3.63) is 30.5 Å². The second-order valence-corrected chi connectivity index (χ2v) is 7.04. The highest BCUT2D eigenvalue weighted by Gasteiger charge is 2.43. The molecule has 7 nitrogen and oxygen atoms in total. The minimum atomic E-state index is -4.11. The third-order valence-corrected chi connectivity index (χ3v) is 4.94. The van der Waals surface area contributed by atoms with Crippen LogP contribution < -0.4 is 20.1 Å². The molecule has 1 fully saturated rings. The first-order chi connectivity index (χ1) is 14.4. The van der Waals surface area contributed by atoms with Gasteiger partial charge in [-0.05, 0) is 37.6 Å². The van der Waals surface area contributed by atoms with Gasteiger partial charge in [0.25, 0.3) is 0 Å². The Morgan fingerprint density at radius 1 is 1.23 bits per heavy atom. The Hall–Kier alpha value is -2.75. The van der Waals surface area contributed by atoms with E-state index in [-0.39, 0.29) is 13.0 Å². The fraction of sp³-hybridized carbons (Fsp3) is 0.500. The normalized spacial score (nSPS) is 17.0. The van der Waals surface area contributed by atoms with E-state index in [0.29, 0.717) is 49.4 Å². The van der Waals surface area contributed by atoms with Crippen molar-refractivity contribution in [2.45, 2.75) is 19.0 Å². The third-order valence-electron chi connectivity index (χ3n) is 4.94. The van der Waals surface area contributed by atoms with Gasteiger partial charge in [0.15, 0.2) is 11.5 Å². The van der Waals surface area contributed by atoms with Crippen LogP contribution in [0.4, 0.5) is 30.6 Å². The van der Waals surface area contributed by atoms with E-state index in [1.165, 1.54) is 0 Å². The standard InChI is InChI=1S/C20H26F3N5O2/c1-24-18-6-8-25-19(27-18)26-15-4-5-16(29-2)17(12-15)30-11-3-9-28-10-7-14(13-28)20(21,22)23/h4-6,8,12,14H,3,7,9-11,13H2,1-2H3,(H2,24,25,26,27). The van der Waals surface area contributed by atoms with Crippen LogP contribution in [0.5, 0.6) is 11.5 Å². The van der Waals surface area contributed by atoms with Crippen molar-refractivity contribution in [3.63, 3.8) is 0 Å². The molecule has 1 aromatic heterocycles. The molecule has 1 unspecified atom stereocenters. The largest absolute Gasteiger partial charge is 0.493 e. The molecule has 1 aromatic carbocycles. The molecule has 1 aliphatic rings. The van der Waals surface area contributed by atoms with Gasteiger partial charge >= 0.3 is 6.18 Å². The lowest BCUT2D eigenvalue weighted by Crippen LogP contribution is -2.28. The number of benzene rings is 1. The zero-order valence-electron chi connectivity index (χ0n) is 17.0. The van der Waals surface area contributed by atoms with Gasteiger partial charge in [-0.15, -0.1) is 0 Å². The highest BCUT2D eigenvalue weighted by molar-refractivity contribution is 5.60. The van der Waals surface area contributed by atoms with Crippen molar-refractivity contribution >= 4 is 17.5 Å². The molecule has 164 valence electrons. The van der Waals surface area contributed by atoms with E-state index in [1.807, 2.05) is 11.0 Å². The Kier molecular flexibility index (Phi) is 7.20. The van der Waals surface area contributed by atoms with E-state index < -0.39 is 12.1 Å². The van der Waals surface area contributed by atoms with Gasteiger partial charge in [-0.2, -0.15) is 18.2 Å². The number of nitrogens with zero attached hydrogens (tertiary/aromatic N) is 3. The van der Waals surface area contributed by atoms with Crippen molar-refractivity contribution in [1.29, 1.82) is 0 Å². The van der Waals surface area contributed by atoms with Gasteiger partial charge in [0.2, 0.25) is 5.95 Å². The summed E-state index contributed by atoms with van der Waals surface area (Å²) in [6.45, 7) is 1.48. The van der Waals surface area contributed by atoms with E-state index in [1.54, 1.807) is 38.6 Å². The Balaban J connectivity index is 1.53. The van der Waals surface area contributed by atoms with Crippen LogP contribution >= 0.6 is 0 Å². The molecule has 0 bridgehead atoms. The number of alkyl halides is 3. The number of hydrogen-bond donors (Lipinski definition) is 2. The summed E-state index contributed by atoms with van der Waals surface area (Å²) in [7, 11) is 3.33. The van der Waals surface area contributed by atoms with Gasteiger partial charge in [0.05, 0.1) is 19.6 Å². The highest BCUT2D eigenvalue weighted by atomic mass is 19.4. The summed E-state index contributed by atoms with van der Waals surface area (Å²) in [5.74, 6) is 1.02. The first-order valence-corrected chi connectivity index (χ1v) is 9.77. The quantitative estimate of drug-likeness (QED) is 0.590. The highest BCUT2D eigenvalue weighted by Crippen LogP contribution is 2.34. The minimum Gasteiger partial charge on any atom is -0.493 e. The molecule has 1 aliphatic heterocycles. The summed E-state index contributed by atoms with van der Waals surface area (Å²) in [6, 6.07) is 7.13. The molecule has 2 aromatic rings. The topological polar surface area (TPSA) is 71.5 Å². The van der Waals surface area contributed by atoms with Gasteiger partial charge in [-0.25, -0.2) is 4.98 Å². The zero-order valence-corrected chi connectivity index (χ0v) is 17.0. The van der Waals surface area contributed by atoms with Crippen LogP contribution in [0.25, 0.3) is 0 Å². The summed E-state index contributed by atoms with van der Waals surface area (Å²) in [5, 5.41) is 6.06. The fourth-order valence-electron chi connectivity index (χ4n) is 3.33. The van der Waals surface area contributed by atoms with Crippen molar-refractivity contribution < 1.29 is 22.6 Å². The molecular weight excluding hydrogens is 399 g/mol. The zero-order chi connectivity index (χ0) is 21.6. The number of aromatic nitrogens is 2. The second kappa shape index (κ2) is 9.84. The van der Waals surface area contributed by atoms with Crippen molar-refractivity contribution in [2.75, 3.05) is 51.0 Å². The first-order valence-electron chi connectivity index (χ1n) is 9.77. The van der Waals surface area contributed by atoms with Crippen molar-refractivity contribution in [1.82, 2.24) is 14.9 Å². The van der Waals surface area contributed by atoms with E-state index >= 15 is 0 Å². The van der Waals surface area contributed by atoms with Crippen LogP contribution in [0.1, 0.15) is 12.8 Å². The van der Waals surface area contributed by atoms with Gasteiger partial charge in [-0.1, -0.05) is 0 Å². The molecule has 3 rings (SSSR count).